The number of likely N-dealkylation sites (tertiary alicyclic amines) is 1. The normalized spacial score (nSPS) is 19.1. The second-order valence-electron chi connectivity index (χ2n) is 9.67. The van der Waals surface area contributed by atoms with E-state index < -0.39 is 18.1 Å². The van der Waals surface area contributed by atoms with Crippen molar-refractivity contribution in [3.05, 3.63) is 64.5 Å². The molecule has 1 aromatic heterocycles. The van der Waals surface area contributed by atoms with E-state index in [2.05, 4.69) is 20.8 Å². The van der Waals surface area contributed by atoms with E-state index >= 15 is 0 Å². The van der Waals surface area contributed by atoms with Crippen molar-refractivity contribution in [2.24, 2.45) is 0 Å². The van der Waals surface area contributed by atoms with Crippen LogP contribution in [-0.4, -0.2) is 78.9 Å². The van der Waals surface area contributed by atoms with Gasteiger partial charge in [-0.15, -0.1) is 0 Å². The van der Waals surface area contributed by atoms with E-state index in [4.69, 9.17) is 18.9 Å². The highest BCUT2D eigenvalue weighted by Gasteiger charge is 2.40. The molecule has 1 saturated heterocycles. The number of hydrogen-bond acceptors (Lipinski definition) is 8. The van der Waals surface area contributed by atoms with Crippen LogP contribution in [-0.2, 0) is 11.3 Å². The van der Waals surface area contributed by atoms with Crippen LogP contribution in [0.15, 0.2) is 36.4 Å². The number of aromatic amines is 1. The molecular formula is C28H31N5O7. The first kappa shape index (κ1) is 26.9. The van der Waals surface area contributed by atoms with Gasteiger partial charge in [-0.2, -0.15) is 5.10 Å². The van der Waals surface area contributed by atoms with Crippen molar-refractivity contribution < 1.29 is 33.3 Å². The van der Waals surface area contributed by atoms with Gasteiger partial charge >= 0.3 is 0 Å². The molecule has 4 heterocycles. The molecule has 3 aliphatic rings. The van der Waals surface area contributed by atoms with Gasteiger partial charge in [-0.3, -0.25) is 19.5 Å². The molecule has 3 N–H and O–H groups in total. The lowest BCUT2D eigenvalue weighted by Gasteiger charge is -2.22. The van der Waals surface area contributed by atoms with Gasteiger partial charge in [0.15, 0.2) is 29.6 Å². The number of nitrogens with one attached hydrogen (secondary N) is 3. The summed E-state index contributed by atoms with van der Waals surface area (Å²) in [5.74, 6) is 0.602. The minimum absolute atomic E-state index is 0.200. The number of carbonyl (C=O) groups excluding carboxylic acids is 3. The molecule has 12 heteroatoms. The van der Waals surface area contributed by atoms with E-state index in [0.29, 0.717) is 39.8 Å². The average Bonchev–Trinajstić information content (AvgIpc) is 3.51. The minimum atomic E-state index is -0.579. The number of rotatable bonds is 3. The lowest BCUT2D eigenvalue weighted by molar-refractivity contribution is -0.123. The Kier molecular flexibility index (Phi) is 7.50. The third-order valence-corrected chi connectivity index (χ3v) is 6.99. The van der Waals surface area contributed by atoms with Gasteiger partial charge in [0.05, 0.1) is 38.1 Å². The Morgan fingerprint density at radius 1 is 1.02 bits per heavy atom. The predicted molar refractivity (Wildman–Crippen MR) is 143 cm³/mol. The SMILES string of the molecule is COc1ccc2cc1OCC(=O)NCc1ccc(c(OC)c1)O[C@H]1CN(C(=O)c3c(C)n[nH]c3C)C[C@@H]1NC2=O. The van der Waals surface area contributed by atoms with Crippen LogP contribution in [0.25, 0.3) is 0 Å². The Labute approximate surface area is 230 Å². The molecular weight excluding hydrogens is 518 g/mol. The van der Waals surface area contributed by atoms with E-state index in [1.54, 1.807) is 43.0 Å². The van der Waals surface area contributed by atoms with Gasteiger partial charge in [0.25, 0.3) is 17.7 Å². The summed E-state index contributed by atoms with van der Waals surface area (Å²) < 4.78 is 23.0. The summed E-state index contributed by atoms with van der Waals surface area (Å²) in [5.41, 5.74) is 2.86. The number of aromatic nitrogens is 2. The molecule has 3 aliphatic heterocycles. The zero-order chi connectivity index (χ0) is 28.4. The third-order valence-electron chi connectivity index (χ3n) is 6.99. The summed E-state index contributed by atoms with van der Waals surface area (Å²) in [5, 5.41) is 12.8. The molecule has 2 aromatic carbocycles. The summed E-state index contributed by atoms with van der Waals surface area (Å²) in [6.07, 6.45) is -0.579. The summed E-state index contributed by atoms with van der Waals surface area (Å²) >= 11 is 0. The number of carbonyl (C=O) groups is 3. The van der Waals surface area contributed by atoms with Gasteiger partial charge in [0, 0.05) is 24.3 Å². The monoisotopic (exact) mass is 549 g/mol. The van der Waals surface area contributed by atoms with Crippen molar-refractivity contribution in [3.63, 3.8) is 0 Å². The highest BCUT2D eigenvalue weighted by Crippen LogP contribution is 2.32. The van der Waals surface area contributed by atoms with Crippen LogP contribution in [0.3, 0.4) is 0 Å². The van der Waals surface area contributed by atoms with Crippen LogP contribution in [0.4, 0.5) is 0 Å². The number of ether oxygens (including phenoxy) is 4. The Bertz CT molecular complexity index is 1430. The van der Waals surface area contributed by atoms with Crippen molar-refractivity contribution in [1.29, 1.82) is 0 Å². The number of H-pyrrole nitrogens is 1. The first-order chi connectivity index (χ1) is 19.3. The Balaban J connectivity index is 1.50. The first-order valence-electron chi connectivity index (χ1n) is 12.8. The summed E-state index contributed by atoms with van der Waals surface area (Å²) in [6, 6.07) is 9.50. The maximum Gasteiger partial charge on any atom is 0.258 e. The number of aryl methyl sites for hydroxylation is 2. The fourth-order valence-electron chi connectivity index (χ4n) is 4.88. The minimum Gasteiger partial charge on any atom is -0.493 e. The lowest BCUT2D eigenvalue weighted by atomic mass is 10.1. The highest BCUT2D eigenvalue weighted by molar-refractivity contribution is 5.97. The van der Waals surface area contributed by atoms with Crippen molar-refractivity contribution >= 4 is 17.7 Å². The Morgan fingerprint density at radius 2 is 1.82 bits per heavy atom. The molecule has 0 radical (unpaired) electrons. The van der Waals surface area contributed by atoms with E-state index in [0.717, 1.165) is 5.56 Å². The fourth-order valence-corrected chi connectivity index (χ4v) is 4.88. The summed E-state index contributed by atoms with van der Waals surface area (Å²) in [4.78, 5) is 41.0. The molecule has 4 bridgehead atoms. The summed E-state index contributed by atoms with van der Waals surface area (Å²) in [6.45, 7) is 3.99. The summed E-state index contributed by atoms with van der Waals surface area (Å²) in [7, 11) is 3.00. The second kappa shape index (κ2) is 11.2. The molecule has 3 aromatic rings. The van der Waals surface area contributed by atoms with Crippen molar-refractivity contribution in [2.75, 3.05) is 33.9 Å². The van der Waals surface area contributed by atoms with Crippen molar-refractivity contribution in [2.45, 2.75) is 32.5 Å². The number of benzene rings is 2. The van der Waals surface area contributed by atoms with Crippen molar-refractivity contribution in [1.82, 2.24) is 25.7 Å². The fraction of sp³-hybridized carbons (Fsp3) is 0.357. The van der Waals surface area contributed by atoms with E-state index in [-0.39, 0.29) is 43.8 Å². The van der Waals surface area contributed by atoms with Gasteiger partial charge in [-0.1, -0.05) is 6.07 Å². The number of methoxy groups -OCH3 is 2. The van der Waals surface area contributed by atoms with Gasteiger partial charge in [-0.05, 0) is 49.7 Å². The van der Waals surface area contributed by atoms with Gasteiger partial charge in [-0.25, -0.2) is 0 Å². The Morgan fingerprint density at radius 3 is 2.55 bits per heavy atom. The van der Waals surface area contributed by atoms with E-state index in [9.17, 15) is 14.4 Å². The van der Waals surface area contributed by atoms with Gasteiger partial charge < -0.3 is 34.5 Å². The zero-order valence-electron chi connectivity index (χ0n) is 22.7. The molecule has 6 rings (SSSR count). The van der Waals surface area contributed by atoms with Gasteiger partial charge in [0.1, 0.15) is 6.10 Å². The number of fused-ring (bicyclic) bond motifs is 7. The van der Waals surface area contributed by atoms with Gasteiger partial charge in [0.2, 0.25) is 0 Å². The van der Waals surface area contributed by atoms with Crippen LogP contribution in [0.5, 0.6) is 23.0 Å². The molecule has 0 aliphatic carbocycles. The van der Waals surface area contributed by atoms with Crippen LogP contribution in [0, 0.1) is 13.8 Å². The predicted octanol–water partition coefficient (Wildman–Crippen LogP) is 1.75. The molecule has 1 fully saturated rings. The maximum atomic E-state index is 13.5. The quantitative estimate of drug-likeness (QED) is 0.448. The number of nitrogens with zero attached hydrogens (tertiary/aromatic N) is 2. The Hall–Kier alpha value is -4.74. The maximum absolute atomic E-state index is 13.5. The van der Waals surface area contributed by atoms with E-state index in [1.165, 1.54) is 20.3 Å². The molecule has 12 nitrogen and oxygen atoms in total. The molecule has 0 unspecified atom stereocenters. The smallest absolute Gasteiger partial charge is 0.258 e. The number of amides is 3. The van der Waals surface area contributed by atoms with E-state index in [1.807, 2.05) is 6.07 Å². The molecule has 210 valence electrons. The van der Waals surface area contributed by atoms with Crippen LogP contribution >= 0.6 is 0 Å². The lowest BCUT2D eigenvalue weighted by Crippen LogP contribution is -2.45. The third kappa shape index (κ3) is 5.37. The number of hydrogen-bond donors (Lipinski definition) is 3. The largest absolute Gasteiger partial charge is 0.493 e. The molecule has 0 saturated carbocycles. The van der Waals surface area contributed by atoms with Crippen molar-refractivity contribution in [3.8, 4) is 23.0 Å². The first-order valence-corrected chi connectivity index (χ1v) is 12.8. The molecule has 2 atom stereocenters. The topological polar surface area (TPSA) is 144 Å². The van der Waals surface area contributed by atoms with Crippen LogP contribution in [0.1, 0.15) is 37.7 Å². The highest BCUT2D eigenvalue weighted by atomic mass is 16.5. The second-order valence-corrected chi connectivity index (χ2v) is 9.67. The molecule has 40 heavy (non-hydrogen) atoms. The zero-order valence-corrected chi connectivity index (χ0v) is 22.7. The van der Waals surface area contributed by atoms with Crippen LogP contribution in [0.2, 0.25) is 0 Å². The molecule has 3 amide bonds. The van der Waals surface area contributed by atoms with Crippen LogP contribution < -0.4 is 29.6 Å². The standard InChI is InChI=1S/C28H31N5O7/c1-15-26(16(2)32-31-15)28(36)33-12-19-24(13-33)40-21-7-5-17(9-22(21)38-4)11-29-25(34)14-39-23-10-18(27(35)30-19)6-8-20(23)37-3/h5-10,19,24H,11-14H2,1-4H3,(H,29,34)(H,30,35)(H,31,32)/t19-,24-/m0/s1. The molecule has 0 spiro atoms. The average molecular weight is 550 g/mol.